The summed E-state index contributed by atoms with van der Waals surface area (Å²) in [6, 6.07) is -0.399. The molecule has 1 fully saturated rings. The number of rotatable bonds is 5. The number of aromatic nitrogens is 2. The maximum absolute atomic E-state index is 12.0. The Morgan fingerprint density at radius 2 is 2.25 bits per heavy atom. The Balaban J connectivity index is 2.33. The van der Waals surface area contributed by atoms with Crippen LogP contribution in [0.1, 0.15) is 44.7 Å². The van der Waals surface area contributed by atoms with Crippen LogP contribution in [0.3, 0.4) is 0 Å². The Bertz CT molecular complexity index is 496. The topological polar surface area (TPSA) is 75.4 Å². The van der Waals surface area contributed by atoms with Crippen molar-refractivity contribution in [2.24, 2.45) is 5.92 Å². The predicted octanol–water partition coefficient (Wildman–Crippen LogP) is 1.68. The molecule has 1 aromatic heterocycles. The highest BCUT2D eigenvalue weighted by molar-refractivity contribution is 5.81. The maximum Gasteiger partial charge on any atom is 0.308 e. The number of carboxylic acid groups (broad SMARTS) is 1. The van der Waals surface area contributed by atoms with Gasteiger partial charge in [0.05, 0.1) is 18.2 Å². The van der Waals surface area contributed by atoms with Crippen LogP contribution in [0.25, 0.3) is 0 Å². The molecule has 1 aliphatic rings. The lowest BCUT2D eigenvalue weighted by molar-refractivity contribution is -0.151. The molecule has 2 unspecified atom stereocenters. The van der Waals surface area contributed by atoms with E-state index in [9.17, 15) is 14.7 Å². The van der Waals surface area contributed by atoms with Crippen LogP contribution >= 0.6 is 0 Å². The number of carbonyl (C=O) groups excluding carboxylic acids is 1. The van der Waals surface area contributed by atoms with Gasteiger partial charge in [0, 0.05) is 31.3 Å². The van der Waals surface area contributed by atoms with Crippen molar-refractivity contribution in [2.45, 2.75) is 45.7 Å². The molecule has 6 heteroatoms. The zero-order valence-electron chi connectivity index (χ0n) is 12.0. The zero-order chi connectivity index (χ0) is 14.7. The molecule has 2 heterocycles. The van der Waals surface area contributed by atoms with Crippen molar-refractivity contribution in [3.05, 3.63) is 18.0 Å². The van der Waals surface area contributed by atoms with Gasteiger partial charge in [-0.25, -0.2) is 0 Å². The molecule has 2 rings (SSSR count). The van der Waals surface area contributed by atoms with Gasteiger partial charge < -0.3 is 10.0 Å². The van der Waals surface area contributed by atoms with Crippen LogP contribution in [-0.2, 0) is 16.1 Å². The summed E-state index contributed by atoms with van der Waals surface area (Å²) < 4.78 is 1.81. The lowest BCUT2D eigenvalue weighted by Crippen LogP contribution is -2.45. The zero-order valence-corrected chi connectivity index (χ0v) is 12.0. The van der Waals surface area contributed by atoms with Crippen LogP contribution in [0.2, 0.25) is 0 Å². The second-order valence-corrected chi connectivity index (χ2v) is 5.14. The SMILES string of the molecule is CCCn1cc(C2C(C(=O)O)CCC(=O)N2CC)cn1. The summed E-state index contributed by atoms with van der Waals surface area (Å²) in [5.74, 6) is -1.37. The molecule has 1 N–H and O–H groups in total. The van der Waals surface area contributed by atoms with E-state index in [0.29, 0.717) is 19.4 Å². The minimum atomic E-state index is -0.843. The first-order valence-corrected chi connectivity index (χ1v) is 7.13. The third kappa shape index (κ3) is 2.69. The fourth-order valence-electron chi connectivity index (χ4n) is 2.88. The highest BCUT2D eigenvalue weighted by atomic mass is 16.4. The predicted molar refractivity (Wildman–Crippen MR) is 73.0 cm³/mol. The first kappa shape index (κ1) is 14.6. The van der Waals surface area contributed by atoms with Crippen LogP contribution in [0.4, 0.5) is 0 Å². The Kier molecular flexibility index (Phi) is 4.42. The van der Waals surface area contributed by atoms with E-state index in [1.807, 2.05) is 13.1 Å². The average molecular weight is 279 g/mol. The molecular weight excluding hydrogens is 258 g/mol. The number of aryl methyl sites for hydroxylation is 1. The molecule has 1 amide bonds. The van der Waals surface area contributed by atoms with Gasteiger partial charge in [-0.3, -0.25) is 14.3 Å². The molecule has 0 spiro atoms. The van der Waals surface area contributed by atoms with E-state index in [2.05, 4.69) is 12.0 Å². The number of nitrogens with zero attached hydrogens (tertiary/aromatic N) is 3. The Morgan fingerprint density at radius 1 is 1.50 bits per heavy atom. The highest BCUT2D eigenvalue weighted by Crippen LogP contribution is 2.36. The normalized spacial score (nSPS) is 23.1. The number of piperidine rings is 1. The smallest absolute Gasteiger partial charge is 0.308 e. The van der Waals surface area contributed by atoms with E-state index >= 15 is 0 Å². The Morgan fingerprint density at radius 3 is 2.85 bits per heavy atom. The summed E-state index contributed by atoms with van der Waals surface area (Å²) >= 11 is 0. The quantitative estimate of drug-likeness (QED) is 0.889. The number of amides is 1. The summed E-state index contributed by atoms with van der Waals surface area (Å²) in [7, 11) is 0. The van der Waals surface area contributed by atoms with E-state index < -0.39 is 17.9 Å². The third-order valence-corrected chi connectivity index (χ3v) is 3.81. The molecule has 0 aliphatic carbocycles. The van der Waals surface area contributed by atoms with Crippen LogP contribution in [0, 0.1) is 5.92 Å². The van der Waals surface area contributed by atoms with E-state index in [-0.39, 0.29) is 5.91 Å². The van der Waals surface area contributed by atoms with Gasteiger partial charge in [-0.2, -0.15) is 5.10 Å². The largest absolute Gasteiger partial charge is 0.481 e. The molecule has 6 nitrogen and oxygen atoms in total. The van der Waals surface area contributed by atoms with Gasteiger partial charge >= 0.3 is 5.97 Å². The third-order valence-electron chi connectivity index (χ3n) is 3.81. The van der Waals surface area contributed by atoms with Gasteiger partial charge in [-0.05, 0) is 19.8 Å². The van der Waals surface area contributed by atoms with Crippen molar-refractivity contribution in [3.63, 3.8) is 0 Å². The summed E-state index contributed by atoms with van der Waals surface area (Å²) in [5, 5.41) is 13.7. The number of carbonyl (C=O) groups is 2. The number of likely N-dealkylation sites (tertiary alicyclic amines) is 1. The molecule has 110 valence electrons. The van der Waals surface area contributed by atoms with Crippen molar-refractivity contribution in [3.8, 4) is 0 Å². The minimum Gasteiger partial charge on any atom is -0.481 e. The number of carboxylic acids is 1. The van der Waals surface area contributed by atoms with Gasteiger partial charge in [-0.1, -0.05) is 6.92 Å². The molecule has 1 aliphatic heterocycles. The highest BCUT2D eigenvalue weighted by Gasteiger charge is 2.40. The molecule has 0 saturated carbocycles. The molecule has 1 aromatic rings. The summed E-state index contributed by atoms with van der Waals surface area (Å²) in [4.78, 5) is 25.2. The van der Waals surface area contributed by atoms with Crippen LogP contribution in [0.5, 0.6) is 0 Å². The monoisotopic (exact) mass is 279 g/mol. The Hall–Kier alpha value is -1.85. The van der Waals surface area contributed by atoms with Gasteiger partial charge in [-0.15, -0.1) is 0 Å². The standard InChI is InChI=1S/C14H21N3O3/c1-3-7-16-9-10(8-15-16)13-11(14(19)20)5-6-12(18)17(13)4-2/h8-9,11,13H,3-7H2,1-2H3,(H,19,20). The summed E-state index contributed by atoms with van der Waals surface area (Å²) in [6.45, 7) is 5.26. The fourth-order valence-corrected chi connectivity index (χ4v) is 2.88. The van der Waals surface area contributed by atoms with E-state index in [1.165, 1.54) is 0 Å². The van der Waals surface area contributed by atoms with E-state index in [4.69, 9.17) is 0 Å². The number of aliphatic carboxylic acids is 1. The molecule has 0 bridgehead atoms. The molecule has 0 aromatic carbocycles. The summed E-state index contributed by atoms with van der Waals surface area (Å²) in [5.41, 5.74) is 0.820. The second-order valence-electron chi connectivity index (χ2n) is 5.14. The van der Waals surface area contributed by atoms with Gasteiger partial charge in [0.15, 0.2) is 0 Å². The van der Waals surface area contributed by atoms with Crippen LogP contribution in [0.15, 0.2) is 12.4 Å². The van der Waals surface area contributed by atoms with Crippen LogP contribution < -0.4 is 0 Å². The number of hydrogen-bond donors (Lipinski definition) is 1. The molecule has 0 radical (unpaired) electrons. The second kappa shape index (κ2) is 6.07. The Labute approximate surface area is 118 Å². The van der Waals surface area contributed by atoms with E-state index in [0.717, 1.165) is 18.5 Å². The lowest BCUT2D eigenvalue weighted by atomic mass is 9.85. The van der Waals surface area contributed by atoms with E-state index in [1.54, 1.807) is 15.8 Å². The van der Waals surface area contributed by atoms with Gasteiger partial charge in [0.1, 0.15) is 0 Å². The first-order chi connectivity index (χ1) is 9.58. The van der Waals surface area contributed by atoms with Gasteiger partial charge in [0.2, 0.25) is 5.91 Å². The fraction of sp³-hybridized carbons (Fsp3) is 0.643. The number of hydrogen-bond acceptors (Lipinski definition) is 3. The first-order valence-electron chi connectivity index (χ1n) is 7.13. The molecule has 1 saturated heterocycles. The van der Waals surface area contributed by atoms with Gasteiger partial charge in [0.25, 0.3) is 0 Å². The van der Waals surface area contributed by atoms with Crippen LogP contribution in [-0.4, -0.2) is 38.2 Å². The van der Waals surface area contributed by atoms with Crippen molar-refractivity contribution in [1.29, 1.82) is 0 Å². The average Bonchev–Trinajstić information content (AvgIpc) is 2.86. The molecular formula is C14H21N3O3. The molecule has 20 heavy (non-hydrogen) atoms. The molecule has 2 atom stereocenters. The lowest BCUT2D eigenvalue weighted by Gasteiger charge is -2.38. The van der Waals surface area contributed by atoms with Crippen molar-refractivity contribution >= 4 is 11.9 Å². The van der Waals surface area contributed by atoms with Crippen molar-refractivity contribution < 1.29 is 14.7 Å². The van der Waals surface area contributed by atoms with Crippen molar-refractivity contribution in [1.82, 2.24) is 14.7 Å². The summed E-state index contributed by atoms with van der Waals surface area (Å²) in [6.07, 6.45) is 5.23. The van der Waals surface area contributed by atoms with Crippen molar-refractivity contribution in [2.75, 3.05) is 6.54 Å². The minimum absolute atomic E-state index is 0.0261. The maximum atomic E-state index is 12.0.